The molecule has 0 radical (unpaired) electrons. The molecule has 2 unspecified atom stereocenters. The van der Waals surface area contributed by atoms with E-state index in [1.165, 1.54) is 6.07 Å². The highest BCUT2D eigenvalue weighted by Crippen LogP contribution is 2.33. The molecule has 0 spiro atoms. The van der Waals surface area contributed by atoms with E-state index >= 15 is 0 Å². The number of hydrogen-bond donors (Lipinski definition) is 1. The summed E-state index contributed by atoms with van der Waals surface area (Å²) in [5.74, 6) is 0.812. The molecule has 1 aliphatic heterocycles. The number of anilines is 1. The fourth-order valence-corrected chi connectivity index (χ4v) is 5.77. The molecule has 112 valence electrons. The summed E-state index contributed by atoms with van der Waals surface area (Å²) in [6, 6.07) is 3.04. The maximum atomic E-state index is 12.8. The Labute approximate surface area is 129 Å². The van der Waals surface area contributed by atoms with Crippen molar-refractivity contribution in [1.29, 1.82) is 0 Å². The SMILES string of the molecule is Cc1cc(Cl)c(N)cc1S(=O)(=O)N1CCSC(C)C1C. The topological polar surface area (TPSA) is 63.4 Å². The maximum Gasteiger partial charge on any atom is 0.243 e. The van der Waals surface area contributed by atoms with Crippen LogP contribution in [0.4, 0.5) is 5.69 Å². The van der Waals surface area contributed by atoms with E-state index < -0.39 is 10.0 Å². The van der Waals surface area contributed by atoms with E-state index in [0.717, 1.165) is 5.75 Å². The summed E-state index contributed by atoms with van der Waals surface area (Å²) in [6.45, 7) is 6.27. The van der Waals surface area contributed by atoms with Crippen LogP contribution in [-0.2, 0) is 10.0 Å². The largest absolute Gasteiger partial charge is 0.397 e. The summed E-state index contributed by atoms with van der Waals surface area (Å²) in [4.78, 5) is 0.255. The molecule has 1 fully saturated rings. The van der Waals surface area contributed by atoms with E-state index in [2.05, 4.69) is 6.92 Å². The molecule has 20 heavy (non-hydrogen) atoms. The predicted molar refractivity (Wildman–Crippen MR) is 85.9 cm³/mol. The summed E-state index contributed by atoms with van der Waals surface area (Å²) in [5.41, 5.74) is 6.68. The van der Waals surface area contributed by atoms with E-state index in [1.807, 2.05) is 6.92 Å². The molecule has 2 atom stereocenters. The Hall–Kier alpha value is -0.430. The summed E-state index contributed by atoms with van der Waals surface area (Å²) in [6.07, 6.45) is 0. The number of sulfonamides is 1. The molecule has 1 aliphatic rings. The molecule has 2 rings (SSSR count). The standard InChI is InChI=1S/C13H19ClN2O2S2/c1-8-6-11(14)12(15)7-13(8)20(17,18)16-4-5-19-10(3)9(16)2/h6-7,9-10H,4-5,15H2,1-3H3. The van der Waals surface area contributed by atoms with Crippen LogP contribution in [0.3, 0.4) is 0 Å². The molecule has 1 aromatic carbocycles. The number of benzene rings is 1. The third-order valence-electron chi connectivity index (χ3n) is 3.71. The highest BCUT2D eigenvalue weighted by molar-refractivity contribution is 8.00. The van der Waals surface area contributed by atoms with Gasteiger partial charge < -0.3 is 5.73 Å². The fraction of sp³-hybridized carbons (Fsp3) is 0.538. The first-order chi connectivity index (χ1) is 9.25. The van der Waals surface area contributed by atoms with Gasteiger partial charge in [-0.3, -0.25) is 0 Å². The summed E-state index contributed by atoms with van der Waals surface area (Å²) >= 11 is 7.74. The molecule has 1 saturated heterocycles. The minimum atomic E-state index is -3.53. The van der Waals surface area contributed by atoms with E-state index in [9.17, 15) is 8.42 Å². The number of nitrogen functional groups attached to an aromatic ring is 1. The van der Waals surface area contributed by atoms with Crippen LogP contribution >= 0.6 is 23.4 Å². The monoisotopic (exact) mass is 334 g/mol. The predicted octanol–water partition coefficient (Wildman–Crippen LogP) is 2.75. The van der Waals surface area contributed by atoms with Crippen molar-refractivity contribution in [2.75, 3.05) is 18.0 Å². The lowest BCUT2D eigenvalue weighted by Crippen LogP contribution is -2.47. The van der Waals surface area contributed by atoms with Gasteiger partial charge in [0, 0.05) is 23.6 Å². The molecule has 0 aliphatic carbocycles. The van der Waals surface area contributed by atoms with E-state index in [4.69, 9.17) is 17.3 Å². The number of halogens is 1. The summed E-state index contributed by atoms with van der Waals surface area (Å²) in [5, 5.41) is 0.667. The van der Waals surface area contributed by atoms with Gasteiger partial charge in [0.05, 0.1) is 15.6 Å². The van der Waals surface area contributed by atoms with Gasteiger partial charge in [-0.2, -0.15) is 16.1 Å². The van der Waals surface area contributed by atoms with Crippen molar-refractivity contribution in [3.63, 3.8) is 0 Å². The molecule has 4 nitrogen and oxygen atoms in total. The minimum absolute atomic E-state index is 0.0324. The van der Waals surface area contributed by atoms with Gasteiger partial charge in [-0.05, 0) is 31.5 Å². The normalized spacial score (nSPS) is 24.8. The summed E-state index contributed by atoms with van der Waals surface area (Å²) < 4.78 is 27.3. The first-order valence-corrected chi connectivity index (χ1v) is 9.31. The Bertz CT molecular complexity index is 619. The number of hydrogen-bond acceptors (Lipinski definition) is 4. The van der Waals surface area contributed by atoms with Crippen LogP contribution in [0.5, 0.6) is 0 Å². The van der Waals surface area contributed by atoms with Gasteiger partial charge in [-0.25, -0.2) is 8.42 Å². The average Bonchev–Trinajstić information content (AvgIpc) is 2.36. The Morgan fingerprint density at radius 1 is 1.40 bits per heavy atom. The van der Waals surface area contributed by atoms with E-state index in [-0.39, 0.29) is 16.2 Å². The second-order valence-corrected chi connectivity index (χ2v) is 8.82. The molecule has 0 bridgehead atoms. The van der Waals surface area contributed by atoms with E-state index in [1.54, 1.807) is 29.1 Å². The Kier molecular flexibility index (Phi) is 4.59. The van der Waals surface area contributed by atoms with Crippen LogP contribution in [0, 0.1) is 6.92 Å². The lowest BCUT2D eigenvalue weighted by atomic mass is 10.2. The third kappa shape index (κ3) is 2.79. The summed E-state index contributed by atoms with van der Waals surface area (Å²) in [7, 11) is -3.53. The number of aryl methyl sites for hydroxylation is 1. The fourth-order valence-electron chi connectivity index (χ4n) is 2.32. The lowest BCUT2D eigenvalue weighted by molar-refractivity contribution is 0.340. The van der Waals surface area contributed by atoms with Crippen molar-refractivity contribution in [2.24, 2.45) is 0 Å². The number of nitrogens with two attached hydrogens (primary N) is 1. The zero-order chi connectivity index (χ0) is 15.1. The second kappa shape index (κ2) is 5.75. The lowest BCUT2D eigenvalue weighted by Gasteiger charge is -2.36. The molecule has 0 aromatic heterocycles. The molecular formula is C13H19ClN2O2S2. The Balaban J connectivity index is 2.47. The number of thioether (sulfide) groups is 1. The van der Waals surface area contributed by atoms with Crippen molar-refractivity contribution in [3.05, 3.63) is 22.7 Å². The zero-order valence-corrected chi connectivity index (χ0v) is 14.1. The van der Waals surface area contributed by atoms with Crippen molar-refractivity contribution in [2.45, 2.75) is 37.0 Å². The smallest absolute Gasteiger partial charge is 0.243 e. The van der Waals surface area contributed by atoms with Crippen molar-refractivity contribution in [1.82, 2.24) is 4.31 Å². The average molecular weight is 335 g/mol. The van der Waals surface area contributed by atoms with Gasteiger partial charge in [-0.1, -0.05) is 18.5 Å². The Morgan fingerprint density at radius 2 is 2.05 bits per heavy atom. The Morgan fingerprint density at radius 3 is 2.70 bits per heavy atom. The van der Waals surface area contributed by atoms with Gasteiger partial charge in [0.15, 0.2) is 0 Å². The second-order valence-electron chi connectivity index (χ2n) is 5.07. The van der Waals surface area contributed by atoms with Crippen LogP contribution in [0.1, 0.15) is 19.4 Å². The molecule has 1 heterocycles. The van der Waals surface area contributed by atoms with Crippen molar-refractivity contribution < 1.29 is 8.42 Å². The quantitative estimate of drug-likeness (QED) is 0.845. The van der Waals surface area contributed by atoms with Crippen LogP contribution in [0.25, 0.3) is 0 Å². The minimum Gasteiger partial charge on any atom is -0.397 e. The van der Waals surface area contributed by atoms with Crippen LogP contribution in [0.15, 0.2) is 17.0 Å². The molecule has 7 heteroatoms. The van der Waals surface area contributed by atoms with Crippen molar-refractivity contribution >= 4 is 39.1 Å². The molecular weight excluding hydrogens is 316 g/mol. The third-order valence-corrected chi connectivity index (χ3v) is 7.50. The molecule has 0 amide bonds. The first kappa shape index (κ1) is 15.9. The van der Waals surface area contributed by atoms with Gasteiger partial charge in [0.25, 0.3) is 0 Å². The van der Waals surface area contributed by atoms with Gasteiger partial charge in [-0.15, -0.1) is 0 Å². The van der Waals surface area contributed by atoms with Gasteiger partial charge in [0.1, 0.15) is 0 Å². The van der Waals surface area contributed by atoms with Crippen LogP contribution in [0.2, 0.25) is 5.02 Å². The number of rotatable bonds is 2. The van der Waals surface area contributed by atoms with Crippen molar-refractivity contribution in [3.8, 4) is 0 Å². The molecule has 0 saturated carbocycles. The zero-order valence-electron chi connectivity index (χ0n) is 11.8. The van der Waals surface area contributed by atoms with Crippen LogP contribution in [-0.4, -0.2) is 36.3 Å². The maximum absolute atomic E-state index is 12.8. The molecule has 2 N–H and O–H groups in total. The van der Waals surface area contributed by atoms with Gasteiger partial charge >= 0.3 is 0 Å². The highest BCUT2D eigenvalue weighted by atomic mass is 35.5. The first-order valence-electron chi connectivity index (χ1n) is 6.44. The molecule has 1 aromatic rings. The van der Waals surface area contributed by atoms with Gasteiger partial charge in [0.2, 0.25) is 10.0 Å². The number of nitrogens with zero attached hydrogens (tertiary/aromatic N) is 1. The highest BCUT2D eigenvalue weighted by Gasteiger charge is 2.35. The van der Waals surface area contributed by atoms with E-state index in [0.29, 0.717) is 22.8 Å². The van der Waals surface area contributed by atoms with Crippen LogP contribution < -0.4 is 5.73 Å².